The van der Waals surface area contributed by atoms with Gasteiger partial charge in [-0.3, -0.25) is 0 Å². The molecule has 1 unspecified atom stereocenters. The fraction of sp³-hybridized carbons (Fsp3) is 0.667. The number of rotatable bonds is 4. The van der Waals surface area contributed by atoms with Crippen molar-refractivity contribution < 1.29 is 0 Å². The van der Waals surface area contributed by atoms with Gasteiger partial charge >= 0.3 is 0 Å². The van der Waals surface area contributed by atoms with Crippen LogP contribution in [0.4, 0.5) is 0 Å². The van der Waals surface area contributed by atoms with E-state index in [-0.39, 0.29) is 0 Å². The minimum atomic E-state index is 0.575. The van der Waals surface area contributed by atoms with Crippen LogP contribution in [-0.4, -0.2) is 52.2 Å². The molecule has 0 bridgehead atoms. The molecule has 2 aromatic rings. The largest absolute Gasteiger partial charge is 0.312 e. The third-order valence-electron chi connectivity index (χ3n) is 5.46. The third-order valence-corrected chi connectivity index (χ3v) is 5.46. The van der Waals surface area contributed by atoms with Gasteiger partial charge in [-0.25, -0.2) is 9.97 Å². The maximum absolute atomic E-state index is 4.93. The number of piperidine rings is 1. The van der Waals surface area contributed by atoms with Gasteiger partial charge in [0.1, 0.15) is 11.3 Å². The zero-order valence-electron chi connectivity index (χ0n) is 14.0. The predicted molar refractivity (Wildman–Crippen MR) is 92.5 cm³/mol. The average Bonchev–Trinajstić information content (AvgIpc) is 3.19. The molecule has 4 rings (SSSR count). The fourth-order valence-corrected chi connectivity index (χ4v) is 4.01. The summed E-state index contributed by atoms with van der Waals surface area (Å²) < 4.78 is 2.39. The summed E-state index contributed by atoms with van der Waals surface area (Å²) in [4.78, 5) is 12.0. The van der Waals surface area contributed by atoms with Gasteiger partial charge in [-0.15, -0.1) is 0 Å². The second-order valence-electron chi connectivity index (χ2n) is 7.23. The molecule has 1 N–H and O–H groups in total. The van der Waals surface area contributed by atoms with Crippen molar-refractivity contribution in [2.75, 3.05) is 26.7 Å². The summed E-state index contributed by atoms with van der Waals surface area (Å²) in [5.41, 5.74) is 2.11. The maximum Gasteiger partial charge on any atom is 0.160 e. The highest BCUT2D eigenvalue weighted by Crippen LogP contribution is 2.24. The molecule has 2 aromatic heterocycles. The molecule has 0 aliphatic carbocycles. The van der Waals surface area contributed by atoms with Gasteiger partial charge in [-0.2, -0.15) is 0 Å². The third kappa shape index (κ3) is 3.26. The molecule has 2 fully saturated rings. The lowest BCUT2D eigenvalue weighted by Gasteiger charge is -2.29. The van der Waals surface area contributed by atoms with Crippen molar-refractivity contribution in [3.8, 4) is 0 Å². The van der Waals surface area contributed by atoms with Crippen molar-refractivity contribution in [3.05, 3.63) is 24.2 Å². The van der Waals surface area contributed by atoms with Gasteiger partial charge in [0.05, 0.1) is 0 Å². The number of fused-ring (bicyclic) bond motifs is 1. The second kappa shape index (κ2) is 6.57. The Morgan fingerprint density at radius 1 is 1.26 bits per heavy atom. The molecular formula is C18H27N5. The molecule has 2 saturated heterocycles. The van der Waals surface area contributed by atoms with Crippen LogP contribution in [0.5, 0.6) is 0 Å². The summed E-state index contributed by atoms with van der Waals surface area (Å²) in [5.74, 6) is 2.00. The van der Waals surface area contributed by atoms with Gasteiger partial charge < -0.3 is 14.8 Å². The van der Waals surface area contributed by atoms with Gasteiger partial charge in [0.2, 0.25) is 0 Å². The van der Waals surface area contributed by atoms with Crippen LogP contribution in [0.1, 0.15) is 31.5 Å². The van der Waals surface area contributed by atoms with E-state index in [2.05, 4.69) is 32.9 Å². The van der Waals surface area contributed by atoms with E-state index in [0.717, 1.165) is 36.6 Å². The molecule has 0 radical (unpaired) electrons. The first-order chi connectivity index (χ1) is 11.3. The van der Waals surface area contributed by atoms with Crippen LogP contribution in [0.25, 0.3) is 11.2 Å². The summed E-state index contributed by atoms with van der Waals surface area (Å²) in [5, 5.41) is 3.61. The van der Waals surface area contributed by atoms with E-state index in [4.69, 9.17) is 4.98 Å². The Labute approximate surface area is 138 Å². The second-order valence-corrected chi connectivity index (χ2v) is 7.23. The standard InChI is InChI=1S/C18H27N5/c1-22-10-6-14(7-11-22)12-17-21-16-5-3-9-20-18(16)23(17)13-15-4-2-8-19-15/h3,5,9,14-15,19H,2,4,6-8,10-13H2,1H3. The lowest BCUT2D eigenvalue weighted by Crippen LogP contribution is -2.32. The van der Waals surface area contributed by atoms with Crippen molar-refractivity contribution in [1.82, 2.24) is 24.8 Å². The van der Waals surface area contributed by atoms with Crippen LogP contribution in [0.2, 0.25) is 0 Å². The van der Waals surface area contributed by atoms with Crippen molar-refractivity contribution in [1.29, 1.82) is 0 Å². The molecule has 0 spiro atoms. The van der Waals surface area contributed by atoms with Crippen LogP contribution < -0.4 is 5.32 Å². The Kier molecular flexibility index (Phi) is 4.31. The minimum Gasteiger partial charge on any atom is -0.312 e. The van der Waals surface area contributed by atoms with E-state index in [1.54, 1.807) is 0 Å². The number of likely N-dealkylation sites (tertiary alicyclic amines) is 1. The molecule has 5 heteroatoms. The monoisotopic (exact) mass is 313 g/mol. The molecule has 0 amide bonds. The molecule has 0 aromatic carbocycles. The quantitative estimate of drug-likeness (QED) is 0.938. The van der Waals surface area contributed by atoms with Gasteiger partial charge in [-0.1, -0.05) is 0 Å². The lowest BCUT2D eigenvalue weighted by molar-refractivity contribution is 0.216. The van der Waals surface area contributed by atoms with E-state index in [9.17, 15) is 0 Å². The highest BCUT2D eigenvalue weighted by Gasteiger charge is 2.23. The number of nitrogens with zero attached hydrogens (tertiary/aromatic N) is 4. The summed E-state index contributed by atoms with van der Waals surface area (Å²) >= 11 is 0. The average molecular weight is 313 g/mol. The Bertz CT molecular complexity index is 650. The highest BCUT2D eigenvalue weighted by molar-refractivity contribution is 5.71. The normalized spacial score (nSPS) is 23.8. The van der Waals surface area contributed by atoms with Crippen molar-refractivity contribution >= 4 is 11.2 Å². The number of hydrogen-bond donors (Lipinski definition) is 1. The van der Waals surface area contributed by atoms with Crippen LogP contribution in [0.3, 0.4) is 0 Å². The zero-order chi connectivity index (χ0) is 15.6. The first kappa shape index (κ1) is 15.1. The van der Waals surface area contributed by atoms with Gasteiger partial charge in [-0.05, 0) is 70.4 Å². The number of nitrogens with one attached hydrogen (secondary N) is 1. The van der Waals surface area contributed by atoms with Crippen molar-refractivity contribution in [3.63, 3.8) is 0 Å². The molecule has 5 nitrogen and oxygen atoms in total. The molecular weight excluding hydrogens is 286 g/mol. The van der Waals surface area contributed by atoms with Crippen LogP contribution in [-0.2, 0) is 13.0 Å². The molecule has 124 valence electrons. The Hall–Kier alpha value is -1.46. The van der Waals surface area contributed by atoms with E-state index < -0.39 is 0 Å². The fourth-order valence-electron chi connectivity index (χ4n) is 4.01. The first-order valence-electron chi connectivity index (χ1n) is 9.01. The lowest BCUT2D eigenvalue weighted by atomic mass is 9.93. The molecule has 1 atom stereocenters. The van der Waals surface area contributed by atoms with E-state index >= 15 is 0 Å². The van der Waals surface area contributed by atoms with E-state index in [1.165, 1.54) is 44.6 Å². The molecule has 4 heterocycles. The summed E-state index contributed by atoms with van der Waals surface area (Å²) in [7, 11) is 2.22. The smallest absolute Gasteiger partial charge is 0.160 e. The summed E-state index contributed by atoms with van der Waals surface area (Å²) in [6.45, 7) is 4.59. The number of imidazole rings is 1. The molecule has 23 heavy (non-hydrogen) atoms. The van der Waals surface area contributed by atoms with E-state index in [1.807, 2.05) is 12.3 Å². The molecule has 2 aliphatic heterocycles. The van der Waals surface area contributed by atoms with Crippen LogP contribution >= 0.6 is 0 Å². The van der Waals surface area contributed by atoms with Crippen molar-refractivity contribution in [2.45, 2.75) is 44.7 Å². The SMILES string of the molecule is CN1CCC(Cc2nc3cccnc3n2CC2CCCN2)CC1. The maximum atomic E-state index is 4.93. The Morgan fingerprint density at radius 3 is 2.91 bits per heavy atom. The van der Waals surface area contributed by atoms with Crippen molar-refractivity contribution in [2.24, 2.45) is 5.92 Å². The minimum absolute atomic E-state index is 0.575. The van der Waals surface area contributed by atoms with Gasteiger partial charge in [0.25, 0.3) is 0 Å². The zero-order valence-corrected chi connectivity index (χ0v) is 14.0. The number of pyridine rings is 1. The molecule has 2 aliphatic rings. The summed E-state index contributed by atoms with van der Waals surface area (Å²) in [6, 6.07) is 4.66. The van der Waals surface area contributed by atoms with Gasteiger partial charge in [0, 0.05) is 25.2 Å². The van der Waals surface area contributed by atoms with Crippen LogP contribution in [0, 0.1) is 5.92 Å². The Morgan fingerprint density at radius 2 is 2.13 bits per heavy atom. The molecule has 0 saturated carbocycles. The Balaban J connectivity index is 1.59. The topological polar surface area (TPSA) is 46.0 Å². The first-order valence-corrected chi connectivity index (χ1v) is 9.01. The van der Waals surface area contributed by atoms with E-state index in [0.29, 0.717) is 6.04 Å². The highest BCUT2D eigenvalue weighted by atomic mass is 15.2. The number of hydrogen-bond acceptors (Lipinski definition) is 4. The van der Waals surface area contributed by atoms with Gasteiger partial charge in [0.15, 0.2) is 5.65 Å². The van der Waals surface area contributed by atoms with Crippen LogP contribution in [0.15, 0.2) is 18.3 Å². The summed E-state index contributed by atoms with van der Waals surface area (Å²) in [6.07, 6.45) is 8.11. The predicted octanol–water partition coefficient (Wildman–Crippen LogP) is 2.07. The number of aromatic nitrogens is 3.